The highest BCUT2D eigenvalue weighted by Crippen LogP contribution is 2.31. The normalized spacial score (nSPS) is 10.8. The third kappa shape index (κ3) is 5.17. The van der Waals surface area contributed by atoms with E-state index in [-0.39, 0.29) is 22.9 Å². The van der Waals surface area contributed by atoms with Crippen molar-refractivity contribution in [1.82, 2.24) is 0 Å². The van der Waals surface area contributed by atoms with Gasteiger partial charge >= 0.3 is 6.61 Å². The Morgan fingerprint density at radius 2 is 1.73 bits per heavy atom. The summed E-state index contributed by atoms with van der Waals surface area (Å²) >= 11 is 0. The number of carbonyl (C=O) groups excluding carboxylic acids is 1. The van der Waals surface area contributed by atoms with E-state index in [0.29, 0.717) is 5.56 Å². The minimum absolute atomic E-state index is 0.0939. The molecule has 0 atom stereocenters. The lowest BCUT2D eigenvalue weighted by molar-refractivity contribution is -0.111. The van der Waals surface area contributed by atoms with Crippen LogP contribution in [0.3, 0.4) is 0 Å². The number of nitrogens with one attached hydrogen (secondary N) is 1. The molecule has 2 aromatic carbocycles. The van der Waals surface area contributed by atoms with Gasteiger partial charge in [-0.25, -0.2) is 4.39 Å². The van der Waals surface area contributed by atoms with Crippen LogP contribution in [0, 0.1) is 5.82 Å². The van der Waals surface area contributed by atoms with Gasteiger partial charge in [0.2, 0.25) is 5.91 Å². The molecular formula is C18H16F3NO4. The Kier molecular flexibility index (Phi) is 6.48. The number of anilines is 1. The topological polar surface area (TPSA) is 56.8 Å². The predicted molar refractivity (Wildman–Crippen MR) is 90.2 cm³/mol. The molecule has 0 saturated heterocycles. The molecule has 1 N–H and O–H groups in total. The van der Waals surface area contributed by atoms with Gasteiger partial charge in [0.1, 0.15) is 0 Å². The van der Waals surface area contributed by atoms with E-state index in [1.54, 1.807) is 6.07 Å². The average molecular weight is 367 g/mol. The van der Waals surface area contributed by atoms with Crippen LogP contribution in [0.1, 0.15) is 5.56 Å². The summed E-state index contributed by atoms with van der Waals surface area (Å²) in [6, 6.07) is 8.29. The molecule has 0 aromatic heterocycles. The lowest BCUT2D eigenvalue weighted by Gasteiger charge is -2.11. The zero-order chi connectivity index (χ0) is 19.1. The molecule has 0 unspecified atom stereocenters. The van der Waals surface area contributed by atoms with Crippen LogP contribution in [0.15, 0.2) is 42.5 Å². The molecule has 138 valence electrons. The van der Waals surface area contributed by atoms with Crippen molar-refractivity contribution in [3.05, 3.63) is 53.9 Å². The molecule has 0 radical (unpaired) electrons. The van der Waals surface area contributed by atoms with E-state index in [1.165, 1.54) is 56.7 Å². The van der Waals surface area contributed by atoms with Crippen molar-refractivity contribution in [3.63, 3.8) is 0 Å². The Hall–Kier alpha value is -3.16. The maximum Gasteiger partial charge on any atom is 0.387 e. The van der Waals surface area contributed by atoms with Gasteiger partial charge in [0.05, 0.1) is 14.2 Å². The molecule has 0 aliphatic carbocycles. The third-order valence-electron chi connectivity index (χ3n) is 3.25. The molecule has 0 aliphatic rings. The second kappa shape index (κ2) is 8.80. The molecule has 5 nitrogen and oxygen atoms in total. The smallest absolute Gasteiger partial charge is 0.387 e. The van der Waals surface area contributed by atoms with Crippen molar-refractivity contribution in [1.29, 1.82) is 0 Å². The van der Waals surface area contributed by atoms with Gasteiger partial charge in [0, 0.05) is 17.8 Å². The first-order valence-electron chi connectivity index (χ1n) is 7.38. The molecule has 1 amide bonds. The second-order valence-corrected chi connectivity index (χ2v) is 4.96. The second-order valence-electron chi connectivity index (χ2n) is 4.96. The van der Waals surface area contributed by atoms with Crippen LogP contribution in [0.2, 0.25) is 0 Å². The summed E-state index contributed by atoms with van der Waals surface area (Å²) in [5.74, 6) is -1.10. The zero-order valence-corrected chi connectivity index (χ0v) is 14.0. The van der Waals surface area contributed by atoms with E-state index in [0.717, 1.165) is 0 Å². The largest absolute Gasteiger partial charge is 0.494 e. The van der Waals surface area contributed by atoms with Gasteiger partial charge in [0.25, 0.3) is 0 Å². The maximum atomic E-state index is 13.6. The Morgan fingerprint density at radius 3 is 2.35 bits per heavy atom. The number of rotatable bonds is 7. The van der Waals surface area contributed by atoms with Crippen LogP contribution in [-0.2, 0) is 4.79 Å². The number of amides is 1. The molecule has 2 rings (SSSR count). The fraction of sp³-hybridized carbons (Fsp3) is 0.167. The number of alkyl halides is 2. The van der Waals surface area contributed by atoms with E-state index < -0.39 is 18.3 Å². The van der Waals surface area contributed by atoms with Gasteiger partial charge < -0.3 is 19.5 Å². The van der Waals surface area contributed by atoms with Gasteiger partial charge in [-0.3, -0.25) is 4.79 Å². The van der Waals surface area contributed by atoms with Gasteiger partial charge in [0.15, 0.2) is 23.1 Å². The van der Waals surface area contributed by atoms with E-state index in [4.69, 9.17) is 9.47 Å². The van der Waals surface area contributed by atoms with Crippen LogP contribution in [0.4, 0.5) is 18.9 Å². The van der Waals surface area contributed by atoms with Crippen molar-refractivity contribution in [3.8, 4) is 17.2 Å². The first-order valence-corrected chi connectivity index (χ1v) is 7.38. The zero-order valence-electron chi connectivity index (χ0n) is 14.0. The standard InChI is InChI=1S/C18H16F3NO4/c1-24-14-6-3-11(9-13(14)19)4-8-17(23)22-12-5-7-15(25-2)16(10-12)26-18(20)21/h3-10,18H,1-2H3,(H,22,23)/b8-4+. The van der Waals surface area contributed by atoms with Crippen molar-refractivity contribution in [2.24, 2.45) is 0 Å². The first-order chi connectivity index (χ1) is 12.4. The molecule has 0 fully saturated rings. The van der Waals surface area contributed by atoms with Crippen LogP contribution in [0.5, 0.6) is 17.2 Å². The van der Waals surface area contributed by atoms with Crippen molar-refractivity contribution < 1.29 is 32.2 Å². The maximum absolute atomic E-state index is 13.6. The number of halogens is 3. The third-order valence-corrected chi connectivity index (χ3v) is 3.25. The summed E-state index contributed by atoms with van der Waals surface area (Å²) in [5, 5.41) is 2.49. The Morgan fingerprint density at radius 1 is 1.04 bits per heavy atom. The van der Waals surface area contributed by atoms with Gasteiger partial charge in [-0.2, -0.15) is 8.78 Å². The Bertz CT molecular complexity index is 809. The van der Waals surface area contributed by atoms with Gasteiger partial charge in [-0.05, 0) is 35.9 Å². The van der Waals surface area contributed by atoms with Gasteiger partial charge in [-0.1, -0.05) is 6.07 Å². The summed E-state index contributed by atoms with van der Waals surface area (Å²) in [6.07, 6.45) is 2.58. The molecule has 26 heavy (non-hydrogen) atoms. The first kappa shape index (κ1) is 19.2. The fourth-order valence-corrected chi connectivity index (χ4v) is 2.08. The van der Waals surface area contributed by atoms with Crippen LogP contribution >= 0.6 is 0 Å². The van der Waals surface area contributed by atoms with Crippen molar-refractivity contribution >= 4 is 17.7 Å². The summed E-state index contributed by atoms with van der Waals surface area (Å²) < 4.78 is 52.5. The van der Waals surface area contributed by atoms with E-state index in [1.807, 2.05) is 0 Å². The fourth-order valence-electron chi connectivity index (χ4n) is 2.08. The minimum Gasteiger partial charge on any atom is -0.494 e. The highest BCUT2D eigenvalue weighted by atomic mass is 19.3. The molecular weight excluding hydrogens is 351 g/mol. The minimum atomic E-state index is -3.03. The summed E-state index contributed by atoms with van der Waals surface area (Å²) in [6.45, 7) is -3.03. The summed E-state index contributed by atoms with van der Waals surface area (Å²) in [7, 11) is 2.66. The number of hydrogen-bond acceptors (Lipinski definition) is 4. The molecule has 8 heteroatoms. The summed E-state index contributed by atoms with van der Waals surface area (Å²) in [5.41, 5.74) is 0.687. The highest BCUT2D eigenvalue weighted by molar-refractivity contribution is 6.02. The number of ether oxygens (including phenoxy) is 3. The molecule has 2 aromatic rings. The van der Waals surface area contributed by atoms with Crippen LogP contribution < -0.4 is 19.5 Å². The Balaban J connectivity index is 2.08. The average Bonchev–Trinajstić information content (AvgIpc) is 2.60. The van der Waals surface area contributed by atoms with E-state index in [9.17, 15) is 18.0 Å². The van der Waals surface area contributed by atoms with Crippen molar-refractivity contribution in [2.75, 3.05) is 19.5 Å². The highest BCUT2D eigenvalue weighted by Gasteiger charge is 2.12. The quantitative estimate of drug-likeness (QED) is 0.749. The number of carbonyl (C=O) groups is 1. The molecule has 0 spiro atoms. The van der Waals surface area contributed by atoms with E-state index >= 15 is 0 Å². The lowest BCUT2D eigenvalue weighted by atomic mass is 10.2. The molecule has 0 bridgehead atoms. The number of hydrogen-bond donors (Lipinski definition) is 1. The molecule has 0 saturated carbocycles. The Labute approximate surface area is 148 Å². The lowest BCUT2D eigenvalue weighted by Crippen LogP contribution is -2.09. The van der Waals surface area contributed by atoms with Gasteiger partial charge in [-0.15, -0.1) is 0 Å². The predicted octanol–water partition coefficient (Wildman–Crippen LogP) is 4.10. The van der Waals surface area contributed by atoms with Crippen molar-refractivity contribution in [2.45, 2.75) is 6.61 Å². The summed E-state index contributed by atoms with van der Waals surface area (Å²) in [4.78, 5) is 11.9. The molecule has 0 heterocycles. The van der Waals surface area contributed by atoms with Crippen LogP contribution in [0.25, 0.3) is 6.08 Å². The SMILES string of the molecule is COc1ccc(/C=C/C(=O)Nc2ccc(OC)c(OC(F)F)c2)cc1F. The van der Waals surface area contributed by atoms with E-state index in [2.05, 4.69) is 10.1 Å². The molecule has 0 aliphatic heterocycles. The number of methoxy groups -OCH3 is 2. The monoisotopic (exact) mass is 367 g/mol. The number of benzene rings is 2. The van der Waals surface area contributed by atoms with Crippen LogP contribution in [-0.4, -0.2) is 26.7 Å².